The van der Waals surface area contributed by atoms with Crippen LogP contribution < -0.4 is 15.7 Å². The molecule has 0 aliphatic rings. The summed E-state index contributed by atoms with van der Waals surface area (Å²) in [6.07, 6.45) is 4.09. The van der Waals surface area contributed by atoms with E-state index in [1.807, 2.05) is 42.7 Å². The molecule has 0 radical (unpaired) electrons. The molecule has 0 fully saturated rings. The number of benzene rings is 2. The minimum atomic E-state index is -0.424. The molecule has 0 amide bonds. The van der Waals surface area contributed by atoms with E-state index < -0.39 is 5.56 Å². The second-order valence-corrected chi connectivity index (χ2v) is 8.38. The third-order valence-corrected chi connectivity index (χ3v) is 6.10. The molecule has 0 spiro atoms. The number of aromatic nitrogens is 3. The number of thiazole rings is 1. The molecule has 2 aromatic heterocycles. The quantitative estimate of drug-likeness (QED) is 0.468. The highest BCUT2D eigenvalue weighted by Crippen LogP contribution is 2.15. The van der Waals surface area contributed by atoms with Crippen LogP contribution in [0.15, 0.2) is 63.0 Å². The first-order valence-electron chi connectivity index (χ1n) is 8.36. The lowest BCUT2D eigenvalue weighted by atomic mass is 10.1. The van der Waals surface area contributed by atoms with Gasteiger partial charge in [-0.1, -0.05) is 47.2 Å². The van der Waals surface area contributed by atoms with Gasteiger partial charge in [0.2, 0.25) is 4.96 Å². The fourth-order valence-electron chi connectivity index (χ4n) is 2.70. The number of rotatable bonds is 4. The van der Waals surface area contributed by atoms with Crippen LogP contribution in [0, 0.1) is 0 Å². The summed E-state index contributed by atoms with van der Waals surface area (Å²) in [5, 5.41) is 4.88. The maximum absolute atomic E-state index is 12.7. The maximum Gasteiger partial charge on any atom is 0.296 e. The van der Waals surface area contributed by atoms with Gasteiger partial charge < -0.3 is 0 Å². The summed E-state index contributed by atoms with van der Waals surface area (Å²) in [6, 6.07) is 15.0. The summed E-state index contributed by atoms with van der Waals surface area (Å²) in [5.41, 5.74) is 1.31. The van der Waals surface area contributed by atoms with E-state index in [1.54, 1.807) is 30.0 Å². The SMILES string of the molecule is CSc1ccc(/C=c2\sc3nc(=O)c(Cc4ccc(Cl)cc4)nn3c2=O)cc1. The Bertz CT molecular complexity index is 1310. The smallest absolute Gasteiger partial charge is 0.266 e. The lowest BCUT2D eigenvalue weighted by Crippen LogP contribution is -2.28. The average molecular weight is 428 g/mol. The lowest BCUT2D eigenvalue weighted by molar-refractivity contribution is 0.811. The van der Waals surface area contributed by atoms with E-state index >= 15 is 0 Å². The van der Waals surface area contributed by atoms with Crippen LogP contribution in [0.1, 0.15) is 16.8 Å². The van der Waals surface area contributed by atoms with Crippen LogP contribution in [0.3, 0.4) is 0 Å². The van der Waals surface area contributed by atoms with E-state index in [0.717, 1.165) is 27.4 Å². The molecule has 2 heterocycles. The monoisotopic (exact) mass is 427 g/mol. The predicted molar refractivity (Wildman–Crippen MR) is 115 cm³/mol. The second-order valence-electron chi connectivity index (χ2n) is 6.05. The molecule has 0 aliphatic carbocycles. The zero-order chi connectivity index (χ0) is 19.7. The van der Waals surface area contributed by atoms with Crippen molar-refractivity contribution in [1.29, 1.82) is 0 Å². The molecule has 4 aromatic rings. The van der Waals surface area contributed by atoms with Gasteiger partial charge in [-0.3, -0.25) is 9.59 Å². The maximum atomic E-state index is 12.7. The Hall–Kier alpha value is -2.48. The molecule has 0 N–H and O–H groups in total. The Balaban J connectivity index is 1.76. The van der Waals surface area contributed by atoms with Crippen molar-refractivity contribution in [3.63, 3.8) is 0 Å². The van der Waals surface area contributed by atoms with Crippen molar-refractivity contribution in [3.05, 3.63) is 95.6 Å². The summed E-state index contributed by atoms with van der Waals surface area (Å²) in [6.45, 7) is 0. The summed E-state index contributed by atoms with van der Waals surface area (Å²) in [7, 11) is 0. The molecule has 0 atom stereocenters. The molecule has 5 nitrogen and oxygen atoms in total. The number of hydrogen-bond donors (Lipinski definition) is 0. The zero-order valence-corrected chi connectivity index (χ0v) is 17.1. The van der Waals surface area contributed by atoms with Gasteiger partial charge in [0.05, 0.1) is 4.53 Å². The highest BCUT2D eigenvalue weighted by Gasteiger charge is 2.11. The third-order valence-electron chi connectivity index (χ3n) is 4.15. The van der Waals surface area contributed by atoms with Gasteiger partial charge in [0.15, 0.2) is 0 Å². The Morgan fingerprint density at radius 2 is 1.82 bits per heavy atom. The summed E-state index contributed by atoms with van der Waals surface area (Å²) in [5.74, 6) is 0. The van der Waals surface area contributed by atoms with Gasteiger partial charge in [-0.2, -0.15) is 14.6 Å². The highest BCUT2D eigenvalue weighted by atomic mass is 35.5. The van der Waals surface area contributed by atoms with Gasteiger partial charge >= 0.3 is 0 Å². The topological polar surface area (TPSA) is 64.3 Å². The summed E-state index contributed by atoms with van der Waals surface area (Å²) in [4.78, 5) is 30.6. The fourth-order valence-corrected chi connectivity index (χ4v) is 4.14. The Kier molecular flexibility index (Phi) is 5.30. The van der Waals surface area contributed by atoms with E-state index in [-0.39, 0.29) is 17.7 Å². The standard InChI is InChI=1S/C20H14ClN3O2S2/c1-27-15-8-4-13(5-9-15)11-17-19(26)24-20(28-17)22-18(25)16(23-24)10-12-2-6-14(21)7-3-12/h2-9,11H,10H2,1H3/b17-11-. The summed E-state index contributed by atoms with van der Waals surface area (Å²) >= 11 is 8.71. The van der Waals surface area contributed by atoms with Gasteiger partial charge in [-0.15, -0.1) is 11.8 Å². The molecule has 4 rings (SSSR count). The molecular formula is C20H14ClN3O2S2. The van der Waals surface area contributed by atoms with Crippen LogP contribution >= 0.6 is 34.7 Å². The first kappa shape index (κ1) is 18.9. The van der Waals surface area contributed by atoms with Crippen LogP contribution in [0.4, 0.5) is 0 Å². The third kappa shape index (κ3) is 3.87. The van der Waals surface area contributed by atoms with Gasteiger partial charge in [-0.05, 0) is 47.7 Å². The first-order chi connectivity index (χ1) is 13.5. The average Bonchev–Trinajstić information content (AvgIpc) is 2.99. The fraction of sp³-hybridized carbons (Fsp3) is 0.100. The number of halogens is 1. The molecule has 28 heavy (non-hydrogen) atoms. The van der Waals surface area contributed by atoms with E-state index in [4.69, 9.17) is 11.6 Å². The van der Waals surface area contributed by atoms with Crippen molar-refractivity contribution in [2.45, 2.75) is 11.3 Å². The normalized spacial score (nSPS) is 12.0. The molecule has 0 saturated carbocycles. The molecule has 0 bridgehead atoms. The van der Waals surface area contributed by atoms with Crippen LogP contribution in [-0.2, 0) is 6.42 Å². The number of nitrogens with zero attached hydrogens (tertiary/aromatic N) is 3. The molecule has 0 unspecified atom stereocenters. The van der Waals surface area contributed by atoms with Gasteiger partial charge in [-0.25, -0.2) is 0 Å². The minimum absolute atomic E-state index is 0.227. The second kappa shape index (κ2) is 7.87. The van der Waals surface area contributed by atoms with Gasteiger partial charge in [0.1, 0.15) is 5.69 Å². The van der Waals surface area contributed by atoms with Crippen molar-refractivity contribution < 1.29 is 0 Å². The van der Waals surface area contributed by atoms with Crippen molar-refractivity contribution in [2.24, 2.45) is 0 Å². The van der Waals surface area contributed by atoms with Crippen molar-refractivity contribution in [3.8, 4) is 0 Å². The van der Waals surface area contributed by atoms with E-state index in [1.165, 1.54) is 4.52 Å². The molecule has 8 heteroatoms. The molecule has 0 aliphatic heterocycles. The van der Waals surface area contributed by atoms with Crippen molar-refractivity contribution in [1.82, 2.24) is 14.6 Å². The van der Waals surface area contributed by atoms with Crippen molar-refractivity contribution >= 4 is 45.7 Å². The number of thioether (sulfide) groups is 1. The largest absolute Gasteiger partial charge is 0.296 e. The number of hydrogen-bond acceptors (Lipinski definition) is 6. The predicted octanol–water partition coefficient (Wildman–Crippen LogP) is 3.03. The Labute approximate surface area is 173 Å². The zero-order valence-electron chi connectivity index (χ0n) is 14.8. The molecule has 140 valence electrons. The molecular weight excluding hydrogens is 414 g/mol. The van der Waals surface area contributed by atoms with Crippen LogP contribution in [0.5, 0.6) is 0 Å². The van der Waals surface area contributed by atoms with Crippen LogP contribution in [0.25, 0.3) is 11.0 Å². The number of fused-ring (bicyclic) bond motifs is 1. The Morgan fingerprint density at radius 3 is 2.50 bits per heavy atom. The highest BCUT2D eigenvalue weighted by molar-refractivity contribution is 7.98. The minimum Gasteiger partial charge on any atom is -0.266 e. The van der Waals surface area contributed by atoms with Crippen LogP contribution in [-0.4, -0.2) is 20.9 Å². The van der Waals surface area contributed by atoms with E-state index in [2.05, 4.69) is 10.1 Å². The van der Waals surface area contributed by atoms with Crippen LogP contribution in [0.2, 0.25) is 5.02 Å². The summed E-state index contributed by atoms with van der Waals surface area (Å²) < 4.78 is 1.69. The van der Waals surface area contributed by atoms with Gasteiger partial charge in [0, 0.05) is 16.3 Å². The van der Waals surface area contributed by atoms with Gasteiger partial charge in [0.25, 0.3) is 11.1 Å². The van der Waals surface area contributed by atoms with E-state index in [9.17, 15) is 9.59 Å². The Morgan fingerprint density at radius 1 is 1.11 bits per heavy atom. The van der Waals surface area contributed by atoms with E-state index in [0.29, 0.717) is 14.5 Å². The first-order valence-corrected chi connectivity index (χ1v) is 10.8. The lowest BCUT2D eigenvalue weighted by Gasteiger charge is -2.00. The van der Waals surface area contributed by atoms with Crippen molar-refractivity contribution in [2.75, 3.05) is 6.26 Å². The molecule has 0 saturated heterocycles. The molecule has 2 aromatic carbocycles.